The van der Waals surface area contributed by atoms with Gasteiger partial charge in [-0.05, 0) is 37.0 Å². The molecule has 0 spiro atoms. The zero-order chi connectivity index (χ0) is 97.4. The van der Waals surface area contributed by atoms with E-state index in [1.807, 2.05) is 0 Å². The molecule has 0 aliphatic carbocycles. The summed E-state index contributed by atoms with van der Waals surface area (Å²) in [5.41, 5.74) is 0.935. The molecule has 0 heterocycles. The summed E-state index contributed by atoms with van der Waals surface area (Å²) in [5.74, 6) is -19.6. The lowest BCUT2D eigenvalue weighted by molar-refractivity contribution is -0.313. The van der Waals surface area contributed by atoms with Crippen molar-refractivity contribution < 1.29 is 186 Å². The Balaban J connectivity index is -0.000000609. The molecule has 1 rings (SSSR count). The zero-order valence-corrected chi connectivity index (χ0v) is 72.8. The van der Waals surface area contributed by atoms with Crippen LogP contribution in [0, 0.1) is 0 Å². The van der Waals surface area contributed by atoms with Gasteiger partial charge in [0.25, 0.3) is 0 Å². The minimum absolute atomic E-state index is 0. The van der Waals surface area contributed by atoms with Gasteiger partial charge in [-0.2, -0.15) is 0 Å². The highest BCUT2D eigenvalue weighted by Crippen LogP contribution is 2.16. The summed E-state index contributed by atoms with van der Waals surface area (Å²) < 4.78 is 32.0. The van der Waals surface area contributed by atoms with Gasteiger partial charge in [0.1, 0.15) is 18.2 Å². The molecule has 132 heavy (non-hydrogen) atoms. The van der Waals surface area contributed by atoms with Gasteiger partial charge >= 0.3 is 29.8 Å². The Morgan fingerprint density at radius 1 is 0.303 bits per heavy atom. The number of Topliss-reactive ketones (excluding diaryl/α,β-unsaturated/α-hetero) is 2. The summed E-state index contributed by atoms with van der Waals surface area (Å²) in [4.78, 5) is 226. The van der Waals surface area contributed by atoms with Crippen molar-refractivity contribution in [1.29, 1.82) is 0 Å². The topological polar surface area (TPSA) is 743 Å². The Morgan fingerprint density at radius 3 is 0.856 bits per heavy atom. The maximum absolute atomic E-state index is 12.6. The number of aliphatic carboxylic acids is 13. The number of carbonyl (C=O) groups excluding carboxylic acids is 14. The number of nitrogens with zero attached hydrogens (tertiary/aromatic N) is 9. The molecule has 1 aromatic rings. The number of carboxylic acid groups (broad SMARTS) is 13. The number of benzene rings is 1. The van der Waals surface area contributed by atoms with E-state index >= 15 is 0 Å². The van der Waals surface area contributed by atoms with Crippen molar-refractivity contribution in [2.75, 3.05) is 274 Å². The number of carbonyl (C=O) groups is 19. The second-order valence-corrected chi connectivity index (χ2v) is 28.3. The fourth-order valence-corrected chi connectivity index (χ4v) is 11.3. The van der Waals surface area contributed by atoms with Crippen LogP contribution in [-0.4, -0.2) is 458 Å². The van der Waals surface area contributed by atoms with Crippen LogP contribution >= 0.6 is 0 Å². The monoisotopic (exact) mass is 1900 g/mol. The van der Waals surface area contributed by atoms with E-state index in [2.05, 4.69) is 21.3 Å². The standard InChI is InChI=1S/C30H45N5O14.2C24H42N4O12.3CH4/c1-2-24(36)31-7-10-48-11-12-49-20-25(37)32-22-5-3-21(4-6-22)13-23(35(18-29(44)45)19-30(46)47)14-33(15-26(38)39)8-9-34(16-27(40)41)17-28(42)43;1-2-20(30)25-5-11-40-13-12-39-10-3-4-19(29)14-27(16-22(33)34)8-6-26(15-21(31)32)7-9-28(17-23(35)36)18-24(37)38;1-2-20(30)25-5-11-40-13-12-39-10-3-4-19(29)14-26(6-8-27(15-21(31)32)16-22(33)34)7-9-28(17-23(35)36)18-24(37)38;;;/h3-6,23H,2,7-20H2,1H3,(H,31,36)(H,32,37)(H,38,39)(H,40,41)(H,42,43)(H,44,45)(H,46,47);2*2-18H2,1H3,(H,25,30)(H,31,32)(H,33,34)(H,35,36)(H,37,38);3*1H4/p-8. The second kappa shape index (κ2) is 80.8. The van der Waals surface area contributed by atoms with Gasteiger partial charge in [-0.1, -0.05) is 55.2 Å². The minimum Gasteiger partial charge on any atom is -0.549 e. The third-order valence-corrected chi connectivity index (χ3v) is 17.2. The highest BCUT2D eigenvalue weighted by atomic mass is 16.5. The molecule has 1 aromatic carbocycles. The van der Waals surface area contributed by atoms with Crippen LogP contribution in [0.5, 0.6) is 0 Å². The summed E-state index contributed by atoms with van der Waals surface area (Å²) in [7, 11) is 0. The Kier molecular flexibility index (Phi) is 79.2. The van der Waals surface area contributed by atoms with Crippen molar-refractivity contribution in [2.45, 2.75) is 100 Å². The lowest BCUT2D eigenvalue weighted by Gasteiger charge is -2.36. The molecule has 0 radical (unpaired) electrons. The van der Waals surface area contributed by atoms with Crippen LogP contribution < -0.4 is 62.1 Å². The zero-order valence-electron chi connectivity index (χ0n) is 72.8. The van der Waals surface area contributed by atoms with Crippen molar-refractivity contribution in [2.24, 2.45) is 0 Å². The maximum Gasteiger partial charge on any atom is 0.317 e. The first-order valence-corrected chi connectivity index (χ1v) is 40.9. The highest BCUT2D eigenvalue weighted by molar-refractivity contribution is 5.91. The van der Waals surface area contributed by atoms with E-state index in [0.29, 0.717) is 109 Å². The number of nitrogens with one attached hydrogen (secondary N) is 4. The lowest BCUT2D eigenvalue weighted by atomic mass is 10.0. The van der Waals surface area contributed by atoms with E-state index in [4.69, 9.17) is 43.7 Å². The van der Waals surface area contributed by atoms with Crippen molar-refractivity contribution in [1.82, 2.24) is 60.0 Å². The molecule has 1 atom stereocenters. The molecule has 0 bridgehead atoms. The molecule has 4 amide bonds. The van der Waals surface area contributed by atoms with E-state index in [1.165, 1.54) is 14.7 Å². The molecule has 0 saturated heterocycles. The van der Waals surface area contributed by atoms with Crippen LogP contribution in [0.1, 0.15) is 93.6 Å². The first-order valence-electron chi connectivity index (χ1n) is 40.9. The fraction of sp³-hybridized carbons (Fsp3) is 0.691. The first kappa shape index (κ1) is 129. The molecule has 0 aliphatic heterocycles. The summed E-state index contributed by atoms with van der Waals surface area (Å²) in [5, 5.41) is 145. The maximum atomic E-state index is 12.6. The lowest BCUT2D eigenvalue weighted by Crippen LogP contribution is -2.54. The predicted octanol–water partition coefficient (Wildman–Crippen LogP) is -14.1. The van der Waals surface area contributed by atoms with E-state index in [1.54, 1.807) is 49.9 Å². The number of ketones is 2. The Labute approximate surface area is 766 Å². The smallest absolute Gasteiger partial charge is 0.317 e. The molecule has 0 saturated carbocycles. The molecule has 1 unspecified atom stereocenters. The SMILES string of the molecule is C.C.C.CCC(=O)NCCOCCOCC(=O)Nc1ccc(CC(CN(CCN(CC(=O)[O-])CC(=O)O)CC(=O)O)N(CC(=O)[O-])CC(=O)[O-])cc1.CCC(=O)NCCOCCOCCCC(=O)CN(CCN(CC(=O)[O-])CC(=O)[O-])CCN(CC(=O)[O-])CC(=O)O.CCC(=O)NCCOCCOCCCC(=O)CN(CCN(CCN(CC(=O)[O-])CC(=O)O)CC(=O)O)CC(=O)[O-]. The molecule has 758 valence electrons. The van der Waals surface area contributed by atoms with E-state index < -0.39 is 175 Å². The van der Waals surface area contributed by atoms with Gasteiger partial charge in [-0.25, -0.2) is 0 Å². The average Bonchev–Trinajstić information content (AvgIpc) is 0.850. The Morgan fingerprint density at radius 2 is 0.553 bits per heavy atom. The van der Waals surface area contributed by atoms with E-state index in [9.17, 15) is 142 Å². The van der Waals surface area contributed by atoms with Crippen LogP contribution in [0.3, 0.4) is 0 Å². The van der Waals surface area contributed by atoms with Crippen molar-refractivity contribution >= 4 is 118 Å². The fourth-order valence-electron chi connectivity index (χ4n) is 11.3. The molecular weight excluding hydrogens is 1760 g/mol. The first-order chi connectivity index (χ1) is 61.0. The number of hydrogen-bond donors (Lipinski definition) is 9. The van der Waals surface area contributed by atoms with Crippen LogP contribution in [-0.2, 0) is 126 Å². The highest BCUT2D eigenvalue weighted by Gasteiger charge is 2.27. The van der Waals surface area contributed by atoms with Crippen LogP contribution in [0.15, 0.2) is 24.3 Å². The number of carboxylic acids is 13. The van der Waals surface area contributed by atoms with Crippen molar-refractivity contribution in [3.63, 3.8) is 0 Å². The molecule has 51 heteroatoms. The molecule has 0 aromatic heterocycles. The molecule has 0 fully saturated rings. The number of anilines is 1. The molecule has 9 N–H and O–H groups in total. The largest absolute Gasteiger partial charge is 0.549 e. The minimum atomic E-state index is -1.61. The summed E-state index contributed by atoms with van der Waals surface area (Å²) in [6.07, 6.45) is 2.23. The second-order valence-electron chi connectivity index (χ2n) is 28.3. The molecular formula is C81H133N13O38-8. The average molecular weight is 1900 g/mol. The molecule has 51 nitrogen and oxygen atoms in total. The van der Waals surface area contributed by atoms with E-state index in [-0.39, 0.29) is 189 Å². The Bertz CT molecular complexity index is 3450. The summed E-state index contributed by atoms with van der Waals surface area (Å²) >= 11 is 0. The number of ether oxygens (including phenoxy) is 6. The normalized spacial score (nSPS) is 11.2. The van der Waals surface area contributed by atoms with Gasteiger partial charge in [0.2, 0.25) is 23.6 Å². The van der Waals surface area contributed by atoms with Gasteiger partial charge in [-0.15, -0.1) is 0 Å². The van der Waals surface area contributed by atoms with Gasteiger partial charge in [-0.3, -0.25) is 96.8 Å². The quantitative estimate of drug-likeness (QED) is 0.0274. The Hall–Kier alpha value is -11.0. The number of amides is 4. The van der Waals surface area contributed by atoms with Crippen LogP contribution in [0.4, 0.5) is 5.69 Å². The third kappa shape index (κ3) is 81.0. The van der Waals surface area contributed by atoms with Crippen LogP contribution in [0.2, 0.25) is 0 Å². The van der Waals surface area contributed by atoms with Crippen molar-refractivity contribution in [3.8, 4) is 0 Å². The van der Waals surface area contributed by atoms with Crippen molar-refractivity contribution in [3.05, 3.63) is 29.8 Å². The van der Waals surface area contributed by atoms with Crippen LogP contribution in [0.25, 0.3) is 0 Å². The summed E-state index contributed by atoms with van der Waals surface area (Å²) in [6, 6.07) is 5.29. The summed E-state index contributed by atoms with van der Waals surface area (Å²) in [6.45, 7) is -0.431. The van der Waals surface area contributed by atoms with Gasteiger partial charge in [0.05, 0.1) is 153 Å². The van der Waals surface area contributed by atoms with Gasteiger partial charge in [0.15, 0.2) is 0 Å². The number of hydrogen-bond acceptors (Lipinski definition) is 42. The molecule has 0 aliphatic rings. The van der Waals surface area contributed by atoms with Gasteiger partial charge < -0.3 is 154 Å². The number of rotatable bonds is 82. The predicted molar refractivity (Wildman–Crippen MR) is 447 cm³/mol. The van der Waals surface area contributed by atoms with Gasteiger partial charge in [0, 0.05) is 201 Å². The van der Waals surface area contributed by atoms with E-state index in [0.717, 1.165) is 24.5 Å². The third-order valence-electron chi connectivity index (χ3n) is 17.2.